The van der Waals surface area contributed by atoms with Crippen LogP contribution in [0.3, 0.4) is 0 Å². The van der Waals surface area contributed by atoms with Crippen LogP contribution in [0, 0.1) is 0 Å². The molecular formula is C50H40BClN2Si. The third-order valence-corrected chi connectivity index (χ3v) is 19.5. The first-order valence-corrected chi connectivity index (χ1v) is 22.3. The Morgan fingerprint density at radius 2 is 1.18 bits per heavy atom. The molecule has 4 aliphatic rings. The Morgan fingerprint density at radius 1 is 0.582 bits per heavy atom. The summed E-state index contributed by atoms with van der Waals surface area (Å²) >= 11 is 7.29. The van der Waals surface area contributed by atoms with E-state index in [0.717, 1.165) is 11.4 Å². The van der Waals surface area contributed by atoms with Crippen LogP contribution in [0.1, 0.15) is 45.1 Å². The van der Waals surface area contributed by atoms with Gasteiger partial charge in [-0.2, -0.15) is 0 Å². The molecule has 1 saturated carbocycles. The van der Waals surface area contributed by atoms with E-state index in [1.165, 1.54) is 101 Å². The maximum absolute atomic E-state index is 7.29. The molecule has 7 aromatic carbocycles. The fourth-order valence-electron chi connectivity index (χ4n) is 12.0. The van der Waals surface area contributed by atoms with Crippen molar-refractivity contribution in [2.45, 2.75) is 50.5 Å². The molecule has 2 atom stereocenters. The Bertz CT molecular complexity index is 2790. The number of halogens is 1. The lowest BCUT2D eigenvalue weighted by Crippen LogP contribution is -2.75. The standard InChI is InChI=1S/C50H40BClN2Si/c1-49-27-14-15-28-50(49,2)54-45-30-33(52)29-44-46(45)51(41-25-16-24-39-38-23-12-13-26-43(38)53(44)47(39)41)42-32-37(31-40(49)48(42)54)55(34-17-6-3-7-18-34,35-19-8-4-9-20-35)36-21-10-5-11-22-36/h3-13,16-26,29-32H,14-15,27-28H2,1-2H3. The van der Waals surface area contributed by atoms with E-state index in [9.17, 15) is 0 Å². The topological polar surface area (TPSA) is 8.17 Å². The molecule has 0 amide bonds. The molecule has 1 aliphatic carbocycles. The molecule has 2 nitrogen and oxygen atoms in total. The minimum atomic E-state index is -2.85. The Kier molecular flexibility index (Phi) is 6.49. The van der Waals surface area contributed by atoms with Gasteiger partial charge in [-0.15, -0.1) is 0 Å². The third kappa shape index (κ3) is 3.87. The number of benzene rings is 7. The first-order valence-electron chi connectivity index (χ1n) is 20.0. The SMILES string of the molecule is CC12CCCCC1(C)N1c3cc(Cl)cc4c3B(c3cc([Si](c5ccccc5)(c5ccccc5)c5ccccc5)cc2c31)c1cccc2c3ccccc3n-4c12. The normalized spacial score (nSPS) is 20.4. The van der Waals surface area contributed by atoms with Crippen molar-refractivity contribution in [1.82, 2.24) is 4.57 Å². The summed E-state index contributed by atoms with van der Waals surface area (Å²) in [7, 11) is -2.85. The molecule has 5 heteroatoms. The molecule has 0 bridgehead atoms. The number of hydrogen-bond acceptors (Lipinski definition) is 1. The second kappa shape index (κ2) is 11.2. The van der Waals surface area contributed by atoms with Gasteiger partial charge in [0.2, 0.25) is 0 Å². The summed E-state index contributed by atoms with van der Waals surface area (Å²) in [5.74, 6) is 0. The van der Waals surface area contributed by atoms with Crippen molar-refractivity contribution in [2.75, 3.05) is 4.90 Å². The van der Waals surface area contributed by atoms with Gasteiger partial charge in [0.15, 0.2) is 8.07 Å². The van der Waals surface area contributed by atoms with Crippen LogP contribution >= 0.6 is 11.6 Å². The van der Waals surface area contributed by atoms with Gasteiger partial charge in [-0.3, -0.25) is 0 Å². The zero-order chi connectivity index (χ0) is 36.7. The molecule has 0 spiro atoms. The highest BCUT2D eigenvalue weighted by Gasteiger charge is 2.62. The van der Waals surface area contributed by atoms with Crippen LogP contribution in [0.5, 0.6) is 0 Å². The van der Waals surface area contributed by atoms with Gasteiger partial charge in [0.25, 0.3) is 6.71 Å². The van der Waals surface area contributed by atoms with E-state index >= 15 is 0 Å². The summed E-state index contributed by atoms with van der Waals surface area (Å²) in [5, 5.41) is 9.13. The molecule has 4 heterocycles. The maximum Gasteiger partial charge on any atom is 0.252 e. The number of hydrogen-bond donors (Lipinski definition) is 0. The predicted molar refractivity (Wildman–Crippen MR) is 237 cm³/mol. The predicted octanol–water partition coefficient (Wildman–Crippen LogP) is 7.70. The molecule has 1 fully saturated rings. The number of aromatic nitrogens is 1. The number of rotatable bonds is 4. The van der Waals surface area contributed by atoms with Gasteiger partial charge < -0.3 is 9.47 Å². The second-order valence-electron chi connectivity index (χ2n) is 16.8. The van der Waals surface area contributed by atoms with E-state index in [0.29, 0.717) is 0 Å². The molecule has 55 heavy (non-hydrogen) atoms. The van der Waals surface area contributed by atoms with Crippen LogP contribution in [0.15, 0.2) is 158 Å². The van der Waals surface area contributed by atoms with Gasteiger partial charge in [0.1, 0.15) is 0 Å². The molecule has 12 rings (SSSR count). The number of para-hydroxylation sites is 2. The van der Waals surface area contributed by atoms with E-state index in [-0.39, 0.29) is 17.7 Å². The van der Waals surface area contributed by atoms with Crippen LogP contribution in [-0.2, 0) is 5.41 Å². The van der Waals surface area contributed by atoms with Crippen molar-refractivity contribution < 1.29 is 0 Å². The molecule has 1 aromatic heterocycles. The van der Waals surface area contributed by atoms with Crippen LogP contribution in [-0.4, -0.2) is 24.9 Å². The fourth-order valence-corrected chi connectivity index (χ4v) is 17.0. The van der Waals surface area contributed by atoms with E-state index in [4.69, 9.17) is 11.6 Å². The summed E-state index contributed by atoms with van der Waals surface area (Å²) in [5.41, 5.74) is 12.1. The lowest BCUT2D eigenvalue weighted by atomic mass is 9.33. The van der Waals surface area contributed by atoms with Crippen molar-refractivity contribution in [3.63, 3.8) is 0 Å². The maximum atomic E-state index is 7.29. The molecule has 264 valence electrons. The number of fused-ring (bicyclic) bond motifs is 10. The van der Waals surface area contributed by atoms with Crippen LogP contribution in [0.4, 0.5) is 11.4 Å². The number of nitrogens with zero attached hydrogens (tertiary/aromatic N) is 2. The Labute approximate surface area is 329 Å². The fraction of sp³-hybridized carbons (Fsp3) is 0.160. The van der Waals surface area contributed by atoms with Crippen LogP contribution in [0.2, 0.25) is 5.02 Å². The first-order chi connectivity index (χ1) is 26.9. The van der Waals surface area contributed by atoms with Crippen molar-refractivity contribution >= 4 is 96.7 Å². The molecule has 3 aliphatic heterocycles. The summed E-state index contributed by atoms with van der Waals surface area (Å²) in [6, 6.07) is 60.3. The molecule has 0 radical (unpaired) electrons. The highest BCUT2D eigenvalue weighted by atomic mass is 35.5. The minimum Gasteiger partial charge on any atom is -0.335 e. The average Bonchev–Trinajstić information content (AvgIpc) is 3.67. The van der Waals surface area contributed by atoms with Gasteiger partial charge in [-0.05, 0) is 80.7 Å². The first kappa shape index (κ1) is 32.0. The van der Waals surface area contributed by atoms with Crippen molar-refractivity contribution in [2.24, 2.45) is 0 Å². The lowest BCUT2D eigenvalue weighted by molar-refractivity contribution is 0.195. The molecule has 8 aromatic rings. The van der Waals surface area contributed by atoms with E-state index < -0.39 is 8.07 Å². The van der Waals surface area contributed by atoms with Gasteiger partial charge >= 0.3 is 0 Å². The Balaban J connectivity index is 1.28. The van der Waals surface area contributed by atoms with E-state index in [2.05, 4.69) is 181 Å². The van der Waals surface area contributed by atoms with Crippen LogP contribution in [0.25, 0.3) is 27.5 Å². The van der Waals surface area contributed by atoms with Gasteiger partial charge in [0.05, 0.1) is 11.1 Å². The number of anilines is 2. The van der Waals surface area contributed by atoms with Gasteiger partial charge in [0, 0.05) is 43.8 Å². The summed E-state index contributed by atoms with van der Waals surface area (Å²) in [6.07, 6.45) is 4.78. The molecule has 2 unspecified atom stereocenters. The average molecular weight is 743 g/mol. The van der Waals surface area contributed by atoms with Crippen molar-refractivity contribution in [1.29, 1.82) is 0 Å². The monoisotopic (exact) mass is 742 g/mol. The van der Waals surface area contributed by atoms with Crippen molar-refractivity contribution in [3.05, 3.63) is 168 Å². The minimum absolute atomic E-state index is 0.0493. The molecular weight excluding hydrogens is 703 g/mol. The second-order valence-corrected chi connectivity index (χ2v) is 21.1. The lowest BCUT2D eigenvalue weighted by Gasteiger charge is -2.52. The third-order valence-electron chi connectivity index (χ3n) is 14.5. The van der Waals surface area contributed by atoms with Crippen LogP contribution < -0.4 is 42.0 Å². The van der Waals surface area contributed by atoms with E-state index in [1.807, 2.05) is 0 Å². The zero-order valence-electron chi connectivity index (χ0n) is 31.2. The molecule has 0 saturated heterocycles. The summed E-state index contributed by atoms with van der Waals surface area (Å²) < 4.78 is 2.53. The van der Waals surface area contributed by atoms with E-state index in [1.54, 1.807) is 0 Å². The smallest absolute Gasteiger partial charge is 0.252 e. The van der Waals surface area contributed by atoms with Gasteiger partial charge in [-0.25, -0.2) is 0 Å². The Morgan fingerprint density at radius 3 is 1.87 bits per heavy atom. The summed E-state index contributed by atoms with van der Waals surface area (Å²) in [4.78, 5) is 2.80. The van der Waals surface area contributed by atoms with Crippen molar-refractivity contribution in [3.8, 4) is 5.69 Å². The molecule has 0 N–H and O–H groups in total. The quantitative estimate of drug-likeness (QED) is 0.133. The zero-order valence-corrected chi connectivity index (χ0v) is 32.9. The summed E-state index contributed by atoms with van der Waals surface area (Å²) in [6.45, 7) is 5.23. The Hall–Kier alpha value is -5.29. The van der Waals surface area contributed by atoms with Gasteiger partial charge in [-0.1, -0.05) is 171 Å². The highest BCUT2D eigenvalue weighted by molar-refractivity contribution is 7.20. The largest absolute Gasteiger partial charge is 0.335 e. The highest BCUT2D eigenvalue weighted by Crippen LogP contribution is 2.61.